The van der Waals surface area contributed by atoms with Gasteiger partial charge in [-0.1, -0.05) is 11.6 Å². The summed E-state index contributed by atoms with van der Waals surface area (Å²) in [6.45, 7) is 0. The number of rotatable bonds is 3. The fourth-order valence-corrected chi connectivity index (χ4v) is 2.71. The Kier molecular flexibility index (Phi) is 3.22. The Bertz CT molecular complexity index is 686. The number of pyridine rings is 1. The molecule has 0 aliphatic carbocycles. The van der Waals surface area contributed by atoms with Crippen LogP contribution in [-0.4, -0.2) is 23.0 Å². The van der Waals surface area contributed by atoms with Crippen molar-refractivity contribution in [1.29, 1.82) is 0 Å². The SMILES string of the molecule is Cn1cnc(S(=O)(=O)Nc2cncc(F)c2)c1Cl. The molecule has 18 heavy (non-hydrogen) atoms. The molecule has 0 spiro atoms. The van der Waals surface area contributed by atoms with Gasteiger partial charge >= 0.3 is 0 Å². The predicted molar refractivity (Wildman–Crippen MR) is 63.2 cm³/mol. The normalized spacial score (nSPS) is 11.5. The third kappa shape index (κ3) is 2.44. The first-order valence-corrected chi connectivity index (χ1v) is 6.56. The van der Waals surface area contributed by atoms with Gasteiger partial charge in [-0.25, -0.2) is 9.37 Å². The van der Waals surface area contributed by atoms with E-state index in [1.807, 2.05) is 0 Å². The first-order chi connectivity index (χ1) is 8.40. The molecule has 9 heteroatoms. The number of aryl methyl sites for hydroxylation is 1. The fourth-order valence-electron chi connectivity index (χ4n) is 1.25. The molecule has 0 saturated carbocycles. The van der Waals surface area contributed by atoms with Crippen LogP contribution in [0.3, 0.4) is 0 Å². The zero-order valence-corrected chi connectivity index (χ0v) is 10.7. The van der Waals surface area contributed by atoms with Gasteiger partial charge in [0.25, 0.3) is 10.0 Å². The summed E-state index contributed by atoms with van der Waals surface area (Å²) in [6, 6.07) is 1.00. The van der Waals surface area contributed by atoms with E-state index in [0.717, 1.165) is 12.3 Å². The van der Waals surface area contributed by atoms with Crippen molar-refractivity contribution in [3.8, 4) is 0 Å². The predicted octanol–water partition coefficient (Wildman–Crippen LogP) is 1.41. The van der Waals surface area contributed by atoms with E-state index < -0.39 is 15.8 Å². The van der Waals surface area contributed by atoms with Gasteiger partial charge in [0.15, 0.2) is 0 Å². The molecule has 0 fully saturated rings. The summed E-state index contributed by atoms with van der Waals surface area (Å²) >= 11 is 5.78. The van der Waals surface area contributed by atoms with Crippen molar-refractivity contribution in [2.24, 2.45) is 7.05 Å². The molecule has 0 aromatic carbocycles. The first-order valence-electron chi connectivity index (χ1n) is 4.70. The Morgan fingerprint density at radius 1 is 1.44 bits per heavy atom. The van der Waals surface area contributed by atoms with Gasteiger partial charge < -0.3 is 4.57 Å². The number of anilines is 1. The zero-order valence-electron chi connectivity index (χ0n) is 9.13. The van der Waals surface area contributed by atoms with Crippen molar-refractivity contribution >= 4 is 27.3 Å². The van der Waals surface area contributed by atoms with Crippen LogP contribution in [-0.2, 0) is 17.1 Å². The molecule has 0 unspecified atom stereocenters. The van der Waals surface area contributed by atoms with Gasteiger partial charge in [0.1, 0.15) is 11.0 Å². The summed E-state index contributed by atoms with van der Waals surface area (Å²) in [6.07, 6.45) is 3.41. The van der Waals surface area contributed by atoms with Crippen LogP contribution in [0.1, 0.15) is 0 Å². The molecule has 2 heterocycles. The van der Waals surface area contributed by atoms with Crippen molar-refractivity contribution in [2.75, 3.05) is 4.72 Å². The van der Waals surface area contributed by atoms with Gasteiger partial charge in [-0.2, -0.15) is 8.42 Å². The molecule has 0 radical (unpaired) electrons. The lowest BCUT2D eigenvalue weighted by Crippen LogP contribution is -2.14. The van der Waals surface area contributed by atoms with E-state index in [1.165, 1.54) is 17.1 Å². The highest BCUT2D eigenvalue weighted by Crippen LogP contribution is 2.21. The average molecular weight is 291 g/mol. The van der Waals surface area contributed by atoms with Crippen LogP contribution < -0.4 is 4.72 Å². The first kappa shape index (κ1) is 12.8. The molecule has 0 atom stereocenters. The molecule has 6 nitrogen and oxygen atoms in total. The van der Waals surface area contributed by atoms with E-state index in [0.29, 0.717) is 0 Å². The Hall–Kier alpha value is -1.67. The van der Waals surface area contributed by atoms with E-state index in [4.69, 9.17) is 11.6 Å². The molecule has 0 saturated heterocycles. The highest BCUT2D eigenvalue weighted by atomic mass is 35.5. The maximum absolute atomic E-state index is 12.9. The lowest BCUT2D eigenvalue weighted by molar-refractivity contribution is 0.598. The Labute approximate surface area is 107 Å². The summed E-state index contributed by atoms with van der Waals surface area (Å²) in [4.78, 5) is 7.20. The van der Waals surface area contributed by atoms with Crippen molar-refractivity contribution in [1.82, 2.24) is 14.5 Å². The lowest BCUT2D eigenvalue weighted by Gasteiger charge is -2.05. The molecule has 2 aromatic heterocycles. The van der Waals surface area contributed by atoms with E-state index in [1.54, 1.807) is 7.05 Å². The van der Waals surface area contributed by atoms with Crippen LogP contribution in [0.25, 0.3) is 0 Å². The van der Waals surface area contributed by atoms with Crippen molar-refractivity contribution < 1.29 is 12.8 Å². The number of hydrogen-bond acceptors (Lipinski definition) is 4. The number of sulfonamides is 1. The second kappa shape index (κ2) is 4.54. The van der Waals surface area contributed by atoms with E-state index in [-0.39, 0.29) is 15.9 Å². The largest absolute Gasteiger partial charge is 0.324 e. The highest BCUT2D eigenvalue weighted by molar-refractivity contribution is 7.92. The molecule has 2 aromatic rings. The van der Waals surface area contributed by atoms with Crippen LogP contribution in [0.5, 0.6) is 0 Å². The van der Waals surface area contributed by atoms with Crippen LogP contribution in [0.15, 0.2) is 29.8 Å². The van der Waals surface area contributed by atoms with Gasteiger partial charge in [0.05, 0.1) is 24.4 Å². The highest BCUT2D eigenvalue weighted by Gasteiger charge is 2.22. The molecular formula is C9H8ClFN4O2S. The quantitative estimate of drug-likeness (QED) is 0.927. The van der Waals surface area contributed by atoms with Crippen molar-refractivity contribution in [3.05, 3.63) is 35.8 Å². The summed E-state index contributed by atoms with van der Waals surface area (Å²) in [5.41, 5.74) is -0.00304. The molecule has 96 valence electrons. The van der Waals surface area contributed by atoms with Gasteiger partial charge in [0.2, 0.25) is 5.03 Å². The number of nitrogens with zero attached hydrogens (tertiary/aromatic N) is 3. The molecule has 0 aliphatic rings. The molecule has 0 amide bonds. The smallest absolute Gasteiger partial charge is 0.282 e. The standard InChI is InChI=1S/C9H8ClFN4O2S/c1-15-5-13-9(8(15)10)18(16,17)14-7-2-6(11)3-12-4-7/h2-5,14H,1H3. The number of imidazole rings is 1. The summed E-state index contributed by atoms with van der Waals surface area (Å²) in [5, 5.41) is -0.359. The second-order valence-electron chi connectivity index (χ2n) is 3.45. The second-order valence-corrected chi connectivity index (χ2v) is 5.40. The van der Waals surface area contributed by atoms with E-state index in [9.17, 15) is 12.8 Å². The third-order valence-corrected chi connectivity index (χ3v) is 3.92. The number of halogens is 2. The van der Waals surface area contributed by atoms with Crippen molar-refractivity contribution in [2.45, 2.75) is 5.03 Å². The molecule has 0 bridgehead atoms. The van der Waals surface area contributed by atoms with Crippen LogP contribution in [0.4, 0.5) is 10.1 Å². The zero-order chi connectivity index (χ0) is 13.3. The molecule has 0 aliphatic heterocycles. The Balaban J connectivity index is 2.36. The average Bonchev–Trinajstić information content (AvgIpc) is 2.59. The number of hydrogen-bond donors (Lipinski definition) is 1. The van der Waals surface area contributed by atoms with Gasteiger partial charge in [0, 0.05) is 13.1 Å². The summed E-state index contributed by atoms with van der Waals surface area (Å²) in [5.74, 6) is -0.651. The minimum absolute atomic E-state index is 0.00304. The fraction of sp³-hybridized carbons (Fsp3) is 0.111. The van der Waals surface area contributed by atoms with Gasteiger partial charge in [-0.15, -0.1) is 0 Å². The minimum atomic E-state index is -3.96. The van der Waals surface area contributed by atoms with E-state index in [2.05, 4.69) is 14.7 Å². The minimum Gasteiger partial charge on any atom is -0.324 e. The molecule has 1 N–H and O–H groups in total. The van der Waals surface area contributed by atoms with Crippen LogP contribution in [0, 0.1) is 5.82 Å². The Morgan fingerprint density at radius 2 is 2.17 bits per heavy atom. The monoisotopic (exact) mass is 290 g/mol. The topological polar surface area (TPSA) is 76.9 Å². The van der Waals surface area contributed by atoms with Crippen LogP contribution in [0.2, 0.25) is 5.15 Å². The molecular weight excluding hydrogens is 283 g/mol. The molecule has 2 rings (SSSR count). The third-order valence-electron chi connectivity index (χ3n) is 2.05. The number of nitrogens with one attached hydrogen (secondary N) is 1. The van der Waals surface area contributed by atoms with Gasteiger partial charge in [-0.3, -0.25) is 9.71 Å². The Morgan fingerprint density at radius 3 is 2.72 bits per heavy atom. The summed E-state index contributed by atoms with van der Waals surface area (Å²) < 4.78 is 40.2. The van der Waals surface area contributed by atoms with Crippen molar-refractivity contribution in [3.63, 3.8) is 0 Å². The lowest BCUT2D eigenvalue weighted by atomic mass is 10.4. The maximum atomic E-state index is 12.9. The number of aromatic nitrogens is 3. The van der Waals surface area contributed by atoms with E-state index >= 15 is 0 Å². The summed E-state index contributed by atoms with van der Waals surface area (Å²) in [7, 11) is -2.41. The maximum Gasteiger partial charge on any atom is 0.282 e. The van der Waals surface area contributed by atoms with Gasteiger partial charge in [-0.05, 0) is 0 Å². The van der Waals surface area contributed by atoms with Crippen LogP contribution >= 0.6 is 11.6 Å².